The lowest BCUT2D eigenvalue weighted by atomic mass is 9.54. The van der Waals surface area contributed by atoms with Gasteiger partial charge in [0, 0.05) is 24.2 Å². The number of nitrogens with one attached hydrogen (secondary N) is 2. The Balaban J connectivity index is 2.27. The SMILES string of the molecule is C[NH+]1CC=C2C(C(=O)[O-])C(=N)C(C#N)(C#N)[C@@H](c3ccncc3)[C@H]2C1. The summed E-state index contributed by atoms with van der Waals surface area (Å²) in [6.07, 6.45) is 4.98. The third kappa shape index (κ3) is 2.41. The smallest absolute Gasteiger partial charge is 0.189 e. The highest BCUT2D eigenvalue weighted by molar-refractivity contribution is 6.09. The Morgan fingerprint density at radius 2 is 2.04 bits per heavy atom. The van der Waals surface area contributed by atoms with Crippen molar-refractivity contribution in [3.05, 3.63) is 41.7 Å². The zero-order chi connectivity index (χ0) is 18.2. The summed E-state index contributed by atoms with van der Waals surface area (Å²) in [6.45, 7) is 1.22. The van der Waals surface area contributed by atoms with E-state index in [9.17, 15) is 20.4 Å². The maximum atomic E-state index is 11.7. The summed E-state index contributed by atoms with van der Waals surface area (Å²) in [4.78, 5) is 16.9. The normalized spacial score (nSPS) is 30.4. The van der Waals surface area contributed by atoms with Crippen molar-refractivity contribution < 1.29 is 14.8 Å². The maximum absolute atomic E-state index is 11.7. The number of aromatic nitrogens is 1. The number of quaternary nitrogens is 1. The Hall–Kier alpha value is -3.03. The molecule has 2 unspecified atom stereocenters. The number of carbonyl (C=O) groups is 1. The summed E-state index contributed by atoms with van der Waals surface area (Å²) in [5, 5.41) is 39.8. The summed E-state index contributed by atoms with van der Waals surface area (Å²) in [6, 6.07) is 7.38. The average molecular weight is 335 g/mol. The molecule has 7 heteroatoms. The van der Waals surface area contributed by atoms with E-state index in [1.54, 1.807) is 24.5 Å². The van der Waals surface area contributed by atoms with Crippen molar-refractivity contribution in [1.29, 1.82) is 15.9 Å². The van der Waals surface area contributed by atoms with Crippen molar-refractivity contribution in [2.45, 2.75) is 5.92 Å². The lowest BCUT2D eigenvalue weighted by Crippen LogP contribution is -3.10. The lowest BCUT2D eigenvalue weighted by Gasteiger charge is -2.47. The van der Waals surface area contributed by atoms with E-state index >= 15 is 0 Å². The van der Waals surface area contributed by atoms with Crippen LogP contribution in [0.4, 0.5) is 0 Å². The quantitative estimate of drug-likeness (QED) is 0.647. The molecule has 7 nitrogen and oxygen atoms in total. The predicted octanol–water partition coefficient (Wildman–Crippen LogP) is -1.33. The van der Waals surface area contributed by atoms with Gasteiger partial charge in [0.25, 0.3) is 0 Å². The predicted molar refractivity (Wildman–Crippen MR) is 85.1 cm³/mol. The van der Waals surface area contributed by atoms with Crippen molar-refractivity contribution in [3.8, 4) is 12.1 Å². The number of hydrogen-bond donors (Lipinski definition) is 2. The zero-order valence-electron chi connectivity index (χ0n) is 13.7. The fourth-order valence-corrected chi connectivity index (χ4v) is 4.12. The third-order valence-electron chi connectivity index (χ3n) is 5.25. The summed E-state index contributed by atoms with van der Waals surface area (Å²) in [7, 11) is 1.98. The first-order valence-electron chi connectivity index (χ1n) is 7.99. The number of aliphatic carboxylic acids is 1. The number of carboxylic acid groups (broad SMARTS) is 1. The van der Waals surface area contributed by atoms with Crippen LogP contribution < -0.4 is 10.0 Å². The Labute approximate surface area is 145 Å². The number of carboxylic acids is 1. The van der Waals surface area contributed by atoms with Gasteiger partial charge in [-0.15, -0.1) is 0 Å². The van der Waals surface area contributed by atoms with Crippen LogP contribution in [0, 0.1) is 45.3 Å². The lowest BCUT2D eigenvalue weighted by molar-refractivity contribution is -0.878. The van der Waals surface area contributed by atoms with E-state index in [1.165, 1.54) is 0 Å². The van der Waals surface area contributed by atoms with Gasteiger partial charge < -0.3 is 20.2 Å². The molecule has 0 saturated heterocycles. The highest BCUT2D eigenvalue weighted by Gasteiger charge is 2.58. The number of nitriles is 2. The topological polar surface area (TPSA) is 129 Å². The second kappa shape index (κ2) is 6.12. The van der Waals surface area contributed by atoms with Gasteiger partial charge in [0.1, 0.15) is 0 Å². The monoisotopic (exact) mass is 335 g/mol. The number of fused-ring (bicyclic) bond motifs is 1. The van der Waals surface area contributed by atoms with Gasteiger partial charge in [0.05, 0.1) is 49.9 Å². The van der Waals surface area contributed by atoms with Gasteiger partial charge in [-0.05, 0) is 29.3 Å². The van der Waals surface area contributed by atoms with Crippen molar-refractivity contribution in [2.75, 3.05) is 20.1 Å². The Morgan fingerprint density at radius 1 is 1.40 bits per heavy atom. The standard InChI is InChI=1S/C18H17N5O2/c1-23-7-4-12-13(8-23)15(11-2-5-22-6-3-11)18(9-19,10-20)16(21)14(12)17(24)25/h2-6,13-15,21H,7-8H2,1H3,(H,24,25)/t13-,14?,15-/m0/s1. The molecule has 4 atom stereocenters. The van der Waals surface area contributed by atoms with Crippen molar-refractivity contribution in [3.63, 3.8) is 0 Å². The molecule has 2 heterocycles. The summed E-state index contributed by atoms with van der Waals surface area (Å²) in [5.74, 6) is -3.69. The van der Waals surface area contributed by atoms with Crippen LogP contribution in [-0.2, 0) is 4.79 Å². The van der Waals surface area contributed by atoms with Gasteiger partial charge in [-0.3, -0.25) is 4.98 Å². The highest BCUT2D eigenvalue weighted by atomic mass is 16.4. The van der Waals surface area contributed by atoms with Crippen LogP contribution in [0.2, 0.25) is 0 Å². The van der Waals surface area contributed by atoms with Gasteiger partial charge >= 0.3 is 0 Å². The first kappa shape index (κ1) is 16.8. The van der Waals surface area contributed by atoms with Crippen LogP contribution >= 0.6 is 0 Å². The molecule has 1 aliphatic heterocycles. The second-order valence-corrected chi connectivity index (χ2v) is 6.63. The van der Waals surface area contributed by atoms with Gasteiger partial charge in [-0.2, -0.15) is 10.5 Å². The fraction of sp³-hybridized carbons (Fsp3) is 0.389. The molecule has 1 aromatic heterocycles. The fourth-order valence-electron chi connectivity index (χ4n) is 4.12. The number of carbonyl (C=O) groups excluding carboxylic acids is 1. The minimum Gasteiger partial charge on any atom is -0.549 e. The average Bonchev–Trinajstić information content (AvgIpc) is 2.61. The Morgan fingerprint density at radius 3 is 2.60 bits per heavy atom. The molecule has 0 aromatic carbocycles. The molecule has 0 bridgehead atoms. The zero-order valence-corrected chi connectivity index (χ0v) is 13.7. The first-order valence-corrected chi connectivity index (χ1v) is 7.99. The van der Waals surface area contributed by atoms with E-state index < -0.39 is 28.9 Å². The van der Waals surface area contributed by atoms with Crippen LogP contribution in [0.5, 0.6) is 0 Å². The minimum atomic E-state index is -1.84. The molecular weight excluding hydrogens is 318 g/mol. The van der Waals surface area contributed by atoms with Crippen molar-refractivity contribution in [2.24, 2.45) is 17.3 Å². The number of hydrogen-bond acceptors (Lipinski definition) is 6. The van der Waals surface area contributed by atoms with Crippen LogP contribution in [0.1, 0.15) is 11.5 Å². The van der Waals surface area contributed by atoms with Crippen LogP contribution in [0.3, 0.4) is 0 Å². The molecule has 2 aliphatic rings. The molecule has 2 N–H and O–H groups in total. The molecule has 0 spiro atoms. The largest absolute Gasteiger partial charge is 0.549 e. The van der Waals surface area contributed by atoms with Crippen LogP contribution in [0.25, 0.3) is 0 Å². The Kier molecular flexibility index (Phi) is 4.12. The van der Waals surface area contributed by atoms with Gasteiger partial charge in [0.2, 0.25) is 0 Å². The minimum absolute atomic E-state index is 0.326. The number of nitrogens with zero attached hydrogens (tertiary/aromatic N) is 3. The van der Waals surface area contributed by atoms with Gasteiger partial charge in [-0.25, -0.2) is 0 Å². The van der Waals surface area contributed by atoms with Crippen molar-refractivity contribution >= 4 is 11.7 Å². The molecule has 3 rings (SSSR count). The van der Waals surface area contributed by atoms with E-state index in [1.807, 2.05) is 25.3 Å². The molecule has 1 aromatic rings. The molecule has 1 fully saturated rings. The number of rotatable bonds is 2. The molecule has 25 heavy (non-hydrogen) atoms. The van der Waals surface area contributed by atoms with Gasteiger partial charge in [0.15, 0.2) is 5.41 Å². The van der Waals surface area contributed by atoms with Crippen LogP contribution in [-0.4, -0.2) is 36.8 Å². The summed E-state index contributed by atoms with van der Waals surface area (Å²) >= 11 is 0. The van der Waals surface area contributed by atoms with E-state index in [0.29, 0.717) is 24.2 Å². The van der Waals surface area contributed by atoms with Crippen LogP contribution in [0.15, 0.2) is 36.2 Å². The number of likely N-dealkylation sites (N-methyl/N-ethyl adjacent to an activating group) is 1. The van der Waals surface area contributed by atoms with E-state index in [-0.39, 0.29) is 5.92 Å². The summed E-state index contributed by atoms with van der Waals surface area (Å²) < 4.78 is 0. The molecular formula is C18H17N5O2. The second-order valence-electron chi connectivity index (χ2n) is 6.63. The summed E-state index contributed by atoms with van der Waals surface area (Å²) in [5.41, 5.74) is -0.948. The van der Waals surface area contributed by atoms with Crippen molar-refractivity contribution in [1.82, 2.24) is 4.98 Å². The molecule has 126 valence electrons. The molecule has 1 saturated carbocycles. The molecule has 0 radical (unpaired) electrons. The highest BCUT2D eigenvalue weighted by Crippen LogP contribution is 2.52. The first-order chi connectivity index (χ1) is 12.0. The molecule has 0 amide bonds. The Bertz CT molecular complexity index is 819. The van der Waals surface area contributed by atoms with Gasteiger partial charge in [-0.1, -0.05) is 0 Å². The third-order valence-corrected chi connectivity index (χ3v) is 5.25. The number of pyridine rings is 1. The van der Waals surface area contributed by atoms with E-state index in [2.05, 4.69) is 4.98 Å². The maximum Gasteiger partial charge on any atom is 0.189 e. The van der Waals surface area contributed by atoms with E-state index in [0.717, 1.165) is 4.90 Å². The molecule has 1 aliphatic carbocycles. The van der Waals surface area contributed by atoms with E-state index in [4.69, 9.17) is 5.41 Å².